The Bertz CT molecular complexity index is 757. The average molecular weight is 308 g/mol. The number of carbonyl (C=O) groups is 1. The molecule has 7 heteroatoms. The van der Waals surface area contributed by atoms with Crippen LogP contribution >= 0.6 is 0 Å². The summed E-state index contributed by atoms with van der Waals surface area (Å²) in [5.74, 6) is -0.509. The molecule has 0 atom stereocenters. The van der Waals surface area contributed by atoms with Crippen LogP contribution in [-0.2, 0) is 11.2 Å². The molecule has 0 spiro atoms. The highest BCUT2D eigenvalue weighted by molar-refractivity contribution is 6.01. The normalized spacial score (nSPS) is 13.7. The third kappa shape index (κ3) is 2.69. The summed E-state index contributed by atoms with van der Waals surface area (Å²) < 4.78 is 41.5. The Balaban J connectivity index is 2.09. The summed E-state index contributed by atoms with van der Waals surface area (Å²) in [4.78, 5) is 11.4. The lowest BCUT2D eigenvalue weighted by Crippen LogP contribution is -2.17. The largest absolute Gasteiger partial charge is 0.573 e. The van der Waals surface area contributed by atoms with Crippen molar-refractivity contribution in [3.63, 3.8) is 0 Å². The minimum absolute atomic E-state index is 0.172. The molecule has 1 amide bonds. The number of nitrogens with one attached hydrogen (secondary N) is 1. The lowest BCUT2D eigenvalue weighted by Gasteiger charge is -2.15. The van der Waals surface area contributed by atoms with Crippen LogP contribution in [0.5, 0.6) is 5.75 Å². The fourth-order valence-electron chi connectivity index (χ4n) is 2.43. The van der Waals surface area contributed by atoms with Crippen molar-refractivity contribution in [3.8, 4) is 16.9 Å². The molecule has 0 unspecified atom stereocenters. The van der Waals surface area contributed by atoms with E-state index in [0.717, 1.165) is 0 Å². The molecule has 0 fully saturated rings. The Morgan fingerprint density at radius 3 is 2.59 bits per heavy atom. The number of para-hydroxylation sites is 1. The number of anilines is 2. The van der Waals surface area contributed by atoms with Crippen molar-refractivity contribution in [3.05, 3.63) is 42.0 Å². The van der Waals surface area contributed by atoms with Gasteiger partial charge in [-0.05, 0) is 23.8 Å². The van der Waals surface area contributed by atoms with E-state index in [-0.39, 0.29) is 29.3 Å². The number of amides is 1. The standard InChI is InChI=1S/C15H11F3N2O2/c16-15(17,18)22-13-4-2-1-3-9(13)10-5-8-6-14(21)20-12(8)7-11(10)19/h1-5,7H,6,19H2,(H,20,21). The molecule has 3 rings (SSSR count). The van der Waals surface area contributed by atoms with Gasteiger partial charge in [0.2, 0.25) is 5.91 Å². The van der Waals surface area contributed by atoms with Crippen LogP contribution in [0.1, 0.15) is 5.56 Å². The first-order chi connectivity index (χ1) is 10.3. The maximum Gasteiger partial charge on any atom is 0.573 e. The molecule has 0 aromatic heterocycles. The molecule has 22 heavy (non-hydrogen) atoms. The first-order valence-electron chi connectivity index (χ1n) is 6.41. The van der Waals surface area contributed by atoms with Gasteiger partial charge in [-0.2, -0.15) is 0 Å². The highest BCUT2D eigenvalue weighted by Gasteiger charge is 2.32. The van der Waals surface area contributed by atoms with Crippen molar-refractivity contribution < 1.29 is 22.7 Å². The topological polar surface area (TPSA) is 64.3 Å². The van der Waals surface area contributed by atoms with Crippen LogP contribution in [-0.4, -0.2) is 12.3 Å². The summed E-state index contributed by atoms with van der Waals surface area (Å²) in [7, 11) is 0. The van der Waals surface area contributed by atoms with Crippen LogP contribution < -0.4 is 15.8 Å². The second-order valence-electron chi connectivity index (χ2n) is 4.87. The SMILES string of the molecule is Nc1cc2c(cc1-c1ccccc1OC(F)(F)F)CC(=O)N2. The average Bonchev–Trinajstić information content (AvgIpc) is 2.76. The van der Waals surface area contributed by atoms with Crippen molar-refractivity contribution in [2.75, 3.05) is 11.1 Å². The smallest absolute Gasteiger partial charge is 0.405 e. The van der Waals surface area contributed by atoms with Gasteiger partial charge in [0.1, 0.15) is 5.75 Å². The molecule has 1 aliphatic rings. The minimum Gasteiger partial charge on any atom is -0.405 e. The molecule has 1 heterocycles. The molecule has 0 radical (unpaired) electrons. The van der Waals surface area contributed by atoms with Gasteiger partial charge >= 0.3 is 6.36 Å². The number of rotatable bonds is 2. The van der Waals surface area contributed by atoms with Crippen molar-refractivity contribution in [2.45, 2.75) is 12.8 Å². The Labute approximate surface area is 123 Å². The number of carbonyl (C=O) groups excluding carboxylic acids is 1. The lowest BCUT2D eigenvalue weighted by atomic mass is 9.99. The van der Waals surface area contributed by atoms with Gasteiger partial charge in [-0.3, -0.25) is 4.79 Å². The Morgan fingerprint density at radius 1 is 1.14 bits per heavy atom. The fourth-order valence-corrected chi connectivity index (χ4v) is 2.43. The van der Waals surface area contributed by atoms with Gasteiger partial charge in [0.25, 0.3) is 0 Å². The van der Waals surface area contributed by atoms with Crippen molar-refractivity contribution >= 4 is 17.3 Å². The van der Waals surface area contributed by atoms with Crippen LogP contribution in [0.3, 0.4) is 0 Å². The predicted octanol–water partition coefficient (Wildman–Crippen LogP) is 3.33. The maximum atomic E-state index is 12.5. The Hall–Kier alpha value is -2.70. The molecule has 0 saturated carbocycles. The van der Waals surface area contributed by atoms with E-state index < -0.39 is 6.36 Å². The minimum atomic E-state index is -4.79. The third-order valence-electron chi connectivity index (χ3n) is 3.30. The second kappa shape index (κ2) is 4.94. The molecule has 0 saturated heterocycles. The van der Waals surface area contributed by atoms with E-state index in [9.17, 15) is 18.0 Å². The number of ether oxygens (including phenoxy) is 1. The van der Waals surface area contributed by atoms with Gasteiger partial charge < -0.3 is 15.8 Å². The van der Waals surface area contributed by atoms with Gasteiger partial charge in [0.05, 0.1) is 6.42 Å². The first-order valence-corrected chi connectivity index (χ1v) is 6.41. The highest BCUT2D eigenvalue weighted by atomic mass is 19.4. The van der Waals surface area contributed by atoms with E-state index in [0.29, 0.717) is 16.8 Å². The number of halogens is 3. The summed E-state index contributed by atoms with van der Waals surface area (Å²) in [5, 5.41) is 2.64. The van der Waals surface area contributed by atoms with Gasteiger partial charge in [-0.15, -0.1) is 13.2 Å². The molecule has 3 N–H and O–H groups in total. The van der Waals surface area contributed by atoms with Crippen LogP contribution in [0, 0.1) is 0 Å². The second-order valence-corrected chi connectivity index (χ2v) is 4.87. The van der Waals surface area contributed by atoms with E-state index in [1.165, 1.54) is 18.2 Å². The summed E-state index contributed by atoms with van der Waals surface area (Å²) in [5.41, 5.74) is 8.07. The molecular formula is C15H11F3N2O2. The molecule has 2 aromatic carbocycles. The zero-order valence-electron chi connectivity index (χ0n) is 11.2. The number of hydrogen-bond acceptors (Lipinski definition) is 3. The summed E-state index contributed by atoms with van der Waals surface area (Å²) >= 11 is 0. The molecular weight excluding hydrogens is 297 g/mol. The quantitative estimate of drug-likeness (QED) is 0.836. The number of fused-ring (bicyclic) bond motifs is 1. The van der Waals surface area contributed by atoms with Gasteiger partial charge in [0, 0.05) is 22.5 Å². The third-order valence-corrected chi connectivity index (χ3v) is 3.30. The summed E-state index contributed by atoms with van der Waals surface area (Å²) in [6, 6.07) is 8.90. The monoisotopic (exact) mass is 308 g/mol. The molecule has 114 valence electrons. The fraction of sp³-hybridized carbons (Fsp3) is 0.133. The van der Waals surface area contributed by atoms with Crippen molar-refractivity contribution in [1.29, 1.82) is 0 Å². The zero-order valence-corrected chi connectivity index (χ0v) is 11.2. The number of alkyl halides is 3. The molecule has 0 aliphatic carbocycles. The van der Waals surface area contributed by atoms with E-state index >= 15 is 0 Å². The lowest BCUT2D eigenvalue weighted by molar-refractivity contribution is -0.274. The van der Waals surface area contributed by atoms with Crippen LogP contribution in [0.2, 0.25) is 0 Å². The van der Waals surface area contributed by atoms with Crippen molar-refractivity contribution in [2.24, 2.45) is 0 Å². The molecule has 0 bridgehead atoms. The van der Waals surface area contributed by atoms with E-state index in [1.807, 2.05) is 0 Å². The Morgan fingerprint density at radius 2 is 1.86 bits per heavy atom. The molecule has 4 nitrogen and oxygen atoms in total. The number of nitrogens with two attached hydrogens (primary N) is 1. The van der Waals surface area contributed by atoms with Gasteiger partial charge in [0.15, 0.2) is 0 Å². The molecule has 2 aromatic rings. The summed E-state index contributed by atoms with van der Waals surface area (Å²) in [6.45, 7) is 0. The van der Waals surface area contributed by atoms with Gasteiger partial charge in [-0.25, -0.2) is 0 Å². The van der Waals surface area contributed by atoms with Crippen molar-refractivity contribution in [1.82, 2.24) is 0 Å². The van der Waals surface area contributed by atoms with Crippen LogP contribution in [0.4, 0.5) is 24.5 Å². The molecule has 1 aliphatic heterocycles. The number of benzene rings is 2. The van der Waals surface area contributed by atoms with E-state index in [2.05, 4.69) is 10.1 Å². The summed E-state index contributed by atoms with van der Waals surface area (Å²) in [6.07, 6.45) is -4.62. The zero-order chi connectivity index (χ0) is 15.9. The van der Waals surface area contributed by atoms with Crippen LogP contribution in [0.15, 0.2) is 36.4 Å². The maximum absolute atomic E-state index is 12.5. The number of nitrogen functional groups attached to an aromatic ring is 1. The van der Waals surface area contributed by atoms with Gasteiger partial charge in [-0.1, -0.05) is 18.2 Å². The number of hydrogen-bond donors (Lipinski definition) is 2. The first kappa shape index (κ1) is 14.2. The highest BCUT2D eigenvalue weighted by Crippen LogP contribution is 2.39. The van der Waals surface area contributed by atoms with E-state index in [4.69, 9.17) is 5.73 Å². The van der Waals surface area contributed by atoms with E-state index in [1.54, 1.807) is 18.2 Å². The van der Waals surface area contributed by atoms with Crippen LogP contribution in [0.25, 0.3) is 11.1 Å². The predicted molar refractivity (Wildman–Crippen MR) is 75.3 cm³/mol. The Kier molecular flexibility index (Phi) is 3.20.